The van der Waals surface area contributed by atoms with Gasteiger partial charge < -0.3 is 4.52 Å². The van der Waals surface area contributed by atoms with Crippen LogP contribution in [0.25, 0.3) is 11.4 Å². The van der Waals surface area contributed by atoms with E-state index < -0.39 is 0 Å². The second kappa shape index (κ2) is 8.90. The monoisotopic (exact) mass is 397 g/mol. The molecule has 1 aromatic carbocycles. The topological polar surface area (TPSA) is 80.5 Å². The van der Waals surface area contributed by atoms with Crippen LogP contribution < -0.4 is 0 Å². The van der Waals surface area contributed by atoms with E-state index in [9.17, 15) is 0 Å². The van der Waals surface area contributed by atoms with Crippen molar-refractivity contribution in [1.29, 1.82) is 0 Å². The summed E-state index contributed by atoms with van der Waals surface area (Å²) in [5.74, 6) is 4.13. The first-order chi connectivity index (χ1) is 13.7. The number of nitrogens with zero attached hydrogens (tertiary/aromatic N) is 4. The summed E-state index contributed by atoms with van der Waals surface area (Å²) >= 11 is 1.52. The Morgan fingerprint density at radius 2 is 1.93 bits per heavy atom. The third-order valence-electron chi connectivity index (χ3n) is 5.40. The molecule has 0 amide bonds. The second-order valence-electron chi connectivity index (χ2n) is 7.83. The minimum Gasteiger partial charge on any atom is -0.338 e. The number of nitrogens with one attached hydrogen (secondary N) is 1. The minimum atomic E-state index is 0.510. The predicted octanol–water partition coefficient (Wildman–Crippen LogP) is 5.39. The number of benzene rings is 1. The van der Waals surface area contributed by atoms with Gasteiger partial charge in [-0.3, -0.25) is 5.10 Å². The maximum Gasteiger partial charge on any atom is 0.237 e. The fourth-order valence-electron chi connectivity index (χ4n) is 3.67. The first-order valence-corrected chi connectivity index (χ1v) is 11.1. The number of rotatable bonds is 8. The van der Waals surface area contributed by atoms with E-state index in [0.29, 0.717) is 23.4 Å². The van der Waals surface area contributed by atoms with E-state index in [1.165, 1.54) is 49.4 Å². The van der Waals surface area contributed by atoms with E-state index in [4.69, 9.17) is 4.52 Å². The molecule has 0 spiro atoms. The van der Waals surface area contributed by atoms with Gasteiger partial charge in [0.05, 0.1) is 5.75 Å². The van der Waals surface area contributed by atoms with Crippen LogP contribution in [-0.2, 0) is 12.2 Å². The standard InChI is InChI=1S/C21H27N5OS/c1-14(2)16-8-10-17(11-9-16)20-23-19(27-26-20)13-28-21-22-18(24-25-21)12-7-15-5-3-4-6-15/h8-11,14-15H,3-7,12-13H2,1-2H3,(H,22,24,25). The summed E-state index contributed by atoms with van der Waals surface area (Å²) in [7, 11) is 0. The lowest BCUT2D eigenvalue weighted by molar-refractivity contribution is 0.391. The summed E-state index contributed by atoms with van der Waals surface area (Å²) in [5.41, 5.74) is 2.27. The summed E-state index contributed by atoms with van der Waals surface area (Å²) in [4.78, 5) is 9.08. The third kappa shape index (κ3) is 4.82. The van der Waals surface area contributed by atoms with E-state index in [1.807, 2.05) is 12.1 Å². The van der Waals surface area contributed by atoms with Gasteiger partial charge in [0.1, 0.15) is 5.82 Å². The van der Waals surface area contributed by atoms with Gasteiger partial charge in [0.25, 0.3) is 0 Å². The van der Waals surface area contributed by atoms with Crippen LogP contribution in [0, 0.1) is 5.92 Å². The zero-order valence-corrected chi connectivity index (χ0v) is 17.3. The number of hydrogen-bond acceptors (Lipinski definition) is 6. The van der Waals surface area contributed by atoms with Gasteiger partial charge in [-0.2, -0.15) is 4.98 Å². The van der Waals surface area contributed by atoms with Crippen LogP contribution in [0.15, 0.2) is 33.9 Å². The molecule has 3 aromatic rings. The fraction of sp³-hybridized carbons (Fsp3) is 0.524. The lowest BCUT2D eigenvalue weighted by Gasteiger charge is -2.05. The maximum absolute atomic E-state index is 5.39. The van der Waals surface area contributed by atoms with Crippen molar-refractivity contribution in [2.45, 2.75) is 69.2 Å². The molecule has 1 aliphatic carbocycles. The van der Waals surface area contributed by atoms with Gasteiger partial charge in [-0.1, -0.05) is 80.7 Å². The van der Waals surface area contributed by atoms with Crippen molar-refractivity contribution in [3.8, 4) is 11.4 Å². The van der Waals surface area contributed by atoms with E-state index in [2.05, 4.69) is 51.3 Å². The average molecular weight is 398 g/mol. The summed E-state index contributed by atoms with van der Waals surface area (Å²) < 4.78 is 5.39. The van der Waals surface area contributed by atoms with Gasteiger partial charge in [-0.25, -0.2) is 4.98 Å². The highest BCUT2D eigenvalue weighted by molar-refractivity contribution is 7.98. The Morgan fingerprint density at radius 3 is 2.68 bits per heavy atom. The SMILES string of the molecule is CC(C)c1ccc(-c2noc(CSc3n[nH]c(CCC4CCCC4)n3)n2)cc1. The van der Waals surface area contributed by atoms with Crippen LogP contribution in [0.2, 0.25) is 0 Å². The van der Waals surface area contributed by atoms with Crippen LogP contribution in [0.5, 0.6) is 0 Å². The first kappa shape index (κ1) is 19.2. The van der Waals surface area contributed by atoms with Gasteiger partial charge in [0.2, 0.25) is 16.9 Å². The highest BCUT2D eigenvalue weighted by Crippen LogP contribution is 2.28. The van der Waals surface area contributed by atoms with Crippen LogP contribution in [0.1, 0.15) is 69.1 Å². The van der Waals surface area contributed by atoms with Crippen LogP contribution in [0.4, 0.5) is 0 Å². The summed E-state index contributed by atoms with van der Waals surface area (Å²) in [6.45, 7) is 4.36. The van der Waals surface area contributed by atoms with Crippen molar-refractivity contribution in [1.82, 2.24) is 25.3 Å². The molecular formula is C21H27N5OS. The molecule has 0 aliphatic heterocycles. The molecule has 28 heavy (non-hydrogen) atoms. The van der Waals surface area contributed by atoms with Crippen molar-refractivity contribution >= 4 is 11.8 Å². The van der Waals surface area contributed by atoms with Gasteiger partial charge in [0.15, 0.2) is 0 Å². The van der Waals surface area contributed by atoms with Gasteiger partial charge >= 0.3 is 0 Å². The maximum atomic E-state index is 5.39. The number of aromatic amines is 1. The molecule has 7 heteroatoms. The molecule has 0 saturated heterocycles. The number of aryl methyl sites for hydroxylation is 1. The number of aromatic nitrogens is 5. The molecule has 0 bridgehead atoms. The zero-order chi connectivity index (χ0) is 19.3. The summed E-state index contributed by atoms with van der Waals surface area (Å²) in [6, 6.07) is 8.32. The Bertz CT molecular complexity index is 880. The number of thioether (sulfide) groups is 1. The Kier molecular flexibility index (Phi) is 6.10. The Labute approximate surface area is 169 Å². The fourth-order valence-corrected chi connectivity index (χ4v) is 4.32. The molecule has 0 unspecified atom stereocenters. The molecule has 4 rings (SSSR count). The molecule has 148 valence electrons. The Balaban J connectivity index is 1.29. The quantitative estimate of drug-likeness (QED) is 0.513. The average Bonchev–Trinajstić information content (AvgIpc) is 3.46. The molecular weight excluding hydrogens is 370 g/mol. The van der Waals surface area contributed by atoms with Crippen molar-refractivity contribution < 1.29 is 4.52 Å². The molecule has 2 heterocycles. The molecule has 1 saturated carbocycles. The van der Waals surface area contributed by atoms with Crippen LogP contribution >= 0.6 is 11.8 Å². The van der Waals surface area contributed by atoms with Crippen molar-refractivity contribution in [2.24, 2.45) is 5.92 Å². The van der Waals surface area contributed by atoms with Gasteiger partial charge in [-0.05, 0) is 23.8 Å². The highest BCUT2D eigenvalue weighted by atomic mass is 32.2. The zero-order valence-electron chi connectivity index (χ0n) is 16.5. The lowest BCUT2D eigenvalue weighted by Crippen LogP contribution is -1.97. The number of hydrogen-bond donors (Lipinski definition) is 1. The van der Waals surface area contributed by atoms with E-state index >= 15 is 0 Å². The second-order valence-corrected chi connectivity index (χ2v) is 8.77. The third-order valence-corrected chi connectivity index (χ3v) is 6.24. The number of H-pyrrole nitrogens is 1. The largest absolute Gasteiger partial charge is 0.338 e. The van der Waals surface area contributed by atoms with Gasteiger partial charge in [0, 0.05) is 12.0 Å². The van der Waals surface area contributed by atoms with Crippen molar-refractivity contribution in [3.63, 3.8) is 0 Å². The van der Waals surface area contributed by atoms with E-state index in [-0.39, 0.29) is 0 Å². The Hall–Kier alpha value is -2.15. The van der Waals surface area contributed by atoms with Crippen LogP contribution in [-0.4, -0.2) is 25.3 Å². The summed E-state index contributed by atoms with van der Waals surface area (Å²) in [6.07, 6.45) is 7.70. The predicted molar refractivity (Wildman–Crippen MR) is 110 cm³/mol. The molecule has 6 nitrogen and oxygen atoms in total. The normalized spacial score (nSPS) is 15.0. The van der Waals surface area contributed by atoms with Gasteiger partial charge in [-0.15, -0.1) is 5.10 Å². The summed E-state index contributed by atoms with van der Waals surface area (Å²) in [5, 5.41) is 12.2. The molecule has 0 radical (unpaired) electrons. The molecule has 1 N–H and O–H groups in total. The molecule has 0 atom stereocenters. The smallest absolute Gasteiger partial charge is 0.237 e. The highest BCUT2D eigenvalue weighted by Gasteiger charge is 2.16. The molecule has 2 aromatic heterocycles. The van der Waals surface area contributed by atoms with Crippen molar-refractivity contribution in [2.75, 3.05) is 0 Å². The van der Waals surface area contributed by atoms with E-state index in [0.717, 1.165) is 28.9 Å². The van der Waals surface area contributed by atoms with Crippen molar-refractivity contribution in [3.05, 3.63) is 41.5 Å². The molecule has 1 aliphatic rings. The first-order valence-electron chi connectivity index (χ1n) is 10.1. The minimum absolute atomic E-state index is 0.510. The van der Waals surface area contributed by atoms with Crippen LogP contribution in [0.3, 0.4) is 0 Å². The Morgan fingerprint density at radius 1 is 1.14 bits per heavy atom. The molecule has 1 fully saturated rings. The van der Waals surface area contributed by atoms with E-state index in [1.54, 1.807) is 0 Å². The lowest BCUT2D eigenvalue weighted by atomic mass is 10.0.